The Morgan fingerprint density at radius 2 is 2.00 bits per heavy atom. The maximum absolute atomic E-state index is 12.9. The van der Waals surface area contributed by atoms with Crippen molar-refractivity contribution in [2.24, 2.45) is 5.92 Å². The highest BCUT2D eigenvalue weighted by atomic mass is 16.5. The fraction of sp³-hybridized carbons (Fsp3) is 0.619. The van der Waals surface area contributed by atoms with Crippen molar-refractivity contribution < 1.29 is 9.53 Å². The topological polar surface area (TPSA) is 50.6 Å². The van der Waals surface area contributed by atoms with Crippen LogP contribution < -0.4 is 0 Å². The van der Waals surface area contributed by atoms with Crippen LogP contribution in [0.15, 0.2) is 24.3 Å². The molecule has 0 radical (unpaired) electrons. The molecule has 0 bridgehead atoms. The first-order valence-corrected chi connectivity index (χ1v) is 10.2. The molecule has 6 nitrogen and oxygen atoms in total. The van der Waals surface area contributed by atoms with Crippen molar-refractivity contribution >= 4 is 16.9 Å². The second-order valence-corrected chi connectivity index (χ2v) is 7.99. The van der Waals surface area contributed by atoms with Gasteiger partial charge in [-0.05, 0) is 45.4 Å². The van der Waals surface area contributed by atoms with E-state index < -0.39 is 0 Å². The van der Waals surface area contributed by atoms with Crippen LogP contribution in [0.25, 0.3) is 11.0 Å². The summed E-state index contributed by atoms with van der Waals surface area (Å²) in [5.74, 6) is 1.51. The lowest BCUT2D eigenvalue weighted by molar-refractivity contribution is -0.141. The number of aromatic nitrogens is 2. The fourth-order valence-electron chi connectivity index (χ4n) is 4.42. The molecule has 2 fully saturated rings. The van der Waals surface area contributed by atoms with Crippen LogP contribution >= 0.6 is 0 Å². The summed E-state index contributed by atoms with van der Waals surface area (Å²) in [7, 11) is 0. The molecule has 2 aliphatic heterocycles. The SMILES string of the molecule is CC(C)n1c(CN2CCC[C@@H](C(=O)N3CCOCC3)C2)nc2ccccc21. The van der Waals surface area contributed by atoms with Gasteiger partial charge in [0.05, 0.1) is 36.7 Å². The Balaban J connectivity index is 1.49. The average Bonchev–Trinajstić information content (AvgIpc) is 3.06. The zero-order chi connectivity index (χ0) is 18.8. The van der Waals surface area contributed by atoms with Crippen molar-refractivity contribution in [3.8, 4) is 0 Å². The predicted molar refractivity (Wildman–Crippen MR) is 106 cm³/mol. The van der Waals surface area contributed by atoms with Gasteiger partial charge in [-0.2, -0.15) is 0 Å². The third kappa shape index (κ3) is 3.87. The molecule has 1 amide bonds. The molecule has 3 heterocycles. The van der Waals surface area contributed by atoms with Crippen LogP contribution in [-0.4, -0.2) is 64.7 Å². The molecule has 1 aromatic heterocycles. The number of hydrogen-bond acceptors (Lipinski definition) is 4. The van der Waals surface area contributed by atoms with E-state index in [0.29, 0.717) is 25.2 Å². The molecule has 2 saturated heterocycles. The number of fused-ring (bicyclic) bond motifs is 1. The standard InChI is InChI=1S/C21H30N4O2/c1-16(2)25-19-8-4-3-7-18(19)22-20(25)15-23-9-5-6-17(14-23)21(26)24-10-12-27-13-11-24/h3-4,7-8,16-17H,5-6,9-15H2,1-2H3/t17-/m1/s1. The van der Waals surface area contributed by atoms with Gasteiger partial charge in [-0.1, -0.05) is 12.1 Å². The van der Waals surface area contributed by atoms with E-state index in [-0.39, 0.29) is 5.92 Å². The quantitative estimate of drug-likeness (QED) is 0.830. The van der Waals surface area contributed by atoms with Crippen LogP contribution in [0.1, 0.15) is 38.6 Å². The summed E-state index contributed by atoms with van der Waals surface area (Å²) in [6, 6.07) is 8.71. The molecule has 2 aliphatic rings. The first-order valence-electron chi connectivity index (χ1n) is 10.2. The lowest BCUT2D eigenvalue weighted by atomic mass is 9.96. The van der Waals surface area contributed by atoms with Gasteiger partial charge in [0.2, 0.25) is 5.91 Å². The van der Waals surface area contributed by atoms with E-state index in [2.05, 4.69) is 41.5 Å². The normalized spacial score (nSPS) is 21.9. The van der Waals surface area contributed by atoms with E-state index >= 15 is 0 Å². The van der Waals surface area contributed by atoms with E-state index in [1.54, 1.807) is 0 Å². The molecular formula is C21H30N4O2. The first-order chi connectivity index (χ1) is 13.1. The Bertz CT molecular complexity index is 795. The molecule has 0 unspecified atom stereocenters. The van der Waals surface area contributed by atoms with Crippen molar-refractivity contribution in [3.05, 3.63) is 30.1 Å². The summed E-state index contributed by atoms with van der Waals surface area (Å²) in [5.41, 5.74) is 2.25. The molecule has 6 heteroatoms. The molecule has 1 atom stereocenters. The summed E-state index contributed by atoms with van der Waals surface area (Å²) >= 11 is 0. The zero-order valence-corrected chi connectivity index (χ0v) is 16.4. The van der Waals surface area contributed by atoms with E-state index in [4.69, 9.17) is 9.72 Å². The summed E-state index contributed by atoms with van der Waals surface area (Å²) in [4.78, 5) is 22.2. The third-order valence-electron chi connectivity index (χ3n) is 5.73. The number of carbonyl (C=O) groups excluding carboxylic acids is 1. The number of rotatable bonds is 4. The van der Waals surface area contributed by atoms with E-state index in [0.717, 1.165) is 56.9 Å². The number of para-hydroxylation sites is 2. The number of piperidine rings is 1. The molecule has 146 valence electrons. The van der Waals surface area contributed by atoms with Gasteiger partial charge in [-0.25, -0.2) is 4.98 Å². The highest BCUT2D eigenvalue weighted by Crippen LogP contribution is 2.25. The molecule has 0 aliphatic carbocycles. The van der Waals surface area contributed by atoms with E-state index in [1.165, 1.54) is 5.52 Å². The van der Waals surface area contributed by atoms with Gasteiger partial charge >= 0.3 is 0 Å². The lowest BCUT2D eigenvalue weighted by Gasteiger charge is -2.36. The van der Waals surface area contributed by atoms with Gasteiger partial charge in [0.15, 0.2) is 0 Å². The number of imidazole rings is 1. The highest BCUT2D eigenvalue weighted by molar-refractivity contribution is 5.79. The number of nitrogens with zero attached hydrogens (tertiary/aromatic N) is 4. The van der Waals surface area contributed by atoms with Crippen molar-refractivity contribution in [2.45, 2.75) is 39.3 Å². The number of morpholine rings is 1. The number of hydrogen-bond donors (Lipinski definition) is 0. The first kappa shape index (κ1) is 18.4. The second-order valence-electron chi connectivity index (χ2n) is 7.99. The monoisotopic (exact) mass is 370 g/mol. The van der Waals surface area contributed by atoms with Gasteiger partial charge in [0.25, 0.3) is 0 Å². The molecular weight excluding hydrogens is 340 g/mol. The average molecular weight is 370 g/mol. The minimum absolute atomic E-state index is 0.105. The Morgan fingerprint density at radius 1 is 1.22 bits per heavy atom. The number of carbonyl (C=O) groups is 1. The van der Waals surface area contributed by atoms with Gasteiger partial charge < -0.3 is 14.2 Å². The van der Waals surface area contributed by atoms with Gasteiger partial charge in [-0.3, -0.25) is 9.69 Å². The maximum atomic E-state index is 12.9. The minimum Gasteiger partial charge on any atom is -0.378 e. The molecule has 4 rings (SSSR count). The maximum Gasteiger partial charge on any atom is 0.227 e. The summed E-state index contributed by atoms with van der Waals surface area (Å²) < 4.78 is 7.72. The molecule has 0 saturated carbocycles. The van der Waals surface area contributed by atoms with Crippen molar-refractivity contribution in [1.82, 2.24) is 19.4 Å². The van der Waals surface area contributed by atoms with E-state index in [9.17, 15) is 4.79 Å². The largest absolute Gasteiger partial charge is 0.378 e. The highest BCUT2D eigenvalue weighted by Gasteiger charge is 2.30. The molecule has 2 aromatic rings. The van der Waals surface area contributed by atoms with Crippen LogP contribution in [0.4, 0.5) is 0 Å². The van der Waals surface area contributed by atoms with Gasteiger partial charge in [0.1, 0.15) is 5.82 Å². The van der Waals surface area contributed by atoms with Crippen molar-refractivity contribution in [1.29, 1.82) is 0 Å². The zero-order valence-electron chi connectivity index (χ0n) is 16.4. The number of amides is 1. The Hall–Kier alpha value is -1.92. The van der Waals surface area contributed by atoms with Crippen LogP contribution in [0.3, 0.4) is 0 Å². The molecule has 0 spiro atoms. The number of benzene rings is 1. The van der Waals surface area contributed by atoms with Crippen molar-refractivity contribution in [3.63, 3.8) is 0 Å². The second kappa shape index (κ2) is 7.98. The van der Waals surface area contributed by atoms with E-state index in [1.807, 2.05) is 11.0 Å². The van der Waals surface area contributed by atoms with Crippen LogP contribution in [0, 0.1) is 5.92 Å². The Morgan fingerprint density at radius 3 is 2.78 bits per heavy atom. The summed E-state index contributed by atoms with van der Waals surface area (Å²) in [6.45, 7) is 9.89. The van der Waals surface area contributed by atoms with Crippen LogP contribution in [-0.2, 0) is 16.1 Å². The van der Waals surface area contributed by atoms with Crippen molar-refractivity contribution in [2.75, 3.05) is 39.4 Å². The fourth-order valence-corrected chi connectivity index (χ4v) is 4.42. The molecule has 0 N–H and O–H groups in total. The Labute approximate surface area is 161 Å². The smallest absolute Gasteiger partial charge is 0.227 e. The van der Waals surface area contributed by atoms with Gasteiger partial charge in [0, 0.05) is 25.7 Å². The third-order valence-corrected chi connectivity index (χ3v) is 5.73. The number of ether oxygens (including phenoxy) is 1. The summed E-state index contributed by atoms with van der Waals surface area (Å²) in [5, 5.41) is 0. The van der Waals surface area contributed by atoms with Crippen LogP contribution in [0.5, 0.6) is 0 Å². The molecule has 1 aromatic carbocycles. The van der Waals surface area contributed by atoms with Crippen LogP contribution in [0.2, 0.25) is 0 Å². The summed E-state index contributed by atoms with van der Waals surface area (Å²) in [6.07, 6.45) is 2.07. The van der Waals surface area contributed by atoms with Gasteiger partial charge in [-0.15, -0.1) is 0 Å². The lowest BCUT2D eigenvalue weighted by Crippen LogP contribution is -2.48. The minimum atomic E-state index is 0.105. The predicted octanol–water partition coefficient (Wildman–Crippen LogP) is 2.69. The molecule has 27 heavy (non-hydrogen) atoms. The number of likely N-dealkylation sites (tertiary alicyclic amines) is 1. The Kier molecular flexibility index (Phi) is 5.45.